The number of carboxylic acid groups (broad SMARTS) is 1. The van der Waals surface area contributed by atoms with Crippen LogP contribution in [0.25, 0.3) is 0 Å². The summed E-state index contributed by atoms with van der Waals surface area (Å²) in [5, 5.41) is 9.79. The first-order chi connectivity index (χ1) is 49.1. The predicted molar refractivity (Wildman–Crippen MR) is 433 cm³/mol. The molecule has 0 radical (unpaired) electrons. The molecule has 2 unspecified atom stereocenters. The van der Waals surface area contributed by atoms with Crippen molar-refractivity contribution < 1.29 is 42.9 Å². The molecule has 0 aliphatic rings. The molecule has 0 aromatic carbocycles. The van der Waals surface area contributed by atoms with E-state index in [1.165, 1.54) is 308 Å². The number of carboxylic acids is 1. The van der Waals surface area contributed by atoms with E-state index in [9.17, 15) is 19.5 Å². The van der Waals surface area contributed by atoms with E-state index in [0.29, 0.717) is 17.4 Å². The molecule has 0 saturated heterocycles. The Morgan fingerprint density at radius 3 is 0.850 bits per heavy atom. The molecule has 0 aliphatic heterocycles. The zero-order valence-electron chi connectivity index (χ0n) is 66.9. The van der Waals surface area contributed by atoms with Gasteiger partial charge in [0, 0.05) is 12.8 Å². The zero-order valence-corrected chi connectivity index (χ0v) is 66.9. The second-order valence-electron chi connectivity index (χ2n) is 30.5. The lowest BCUT2D eigenvalue weighted by molar-refractivity contribution is -0.870. The molecule has 0 amide bonds. The molecule has 0 rings (SSSR count). The van der Waals surface area contributed by atoms with Crippen LogP contribution in [0.4, 0.5) is 0 Å². The molecule has 0 aromatic rings. The van der Waals surface area contributed by atoms with Crippen LogP contribution >= 0.6 is 0 Å². The topological polar surface area (TPSA) is 108 Å². The molecule has 9 nitrogen and oxygen atoms in total. The largest absolute Gasteiger partial charge is 0.477 e. The van der Waals surface area contributed by atoms with Crippen LogP contribution in [-0.4, -0.2) is 87.4 Å². The van der Waals surface area contributed by atoms with E-state index in [1.54, 1.807) is 0 Å². The lowest BCUT2D eigenvalue weighted by atomic mass is 10.0. The van der Waals surface area contributed by atoms with E-state index in [1.807, 2.05) is 21.1 Å². The van der Waals surface area contributed by atoms with Crippen molar-refractivity contribution in [3.63, 3.8) is 0 Å². The second-order valence-corrected chi connectivity index (χ2v) is 30.5. The van der Waals surface area contributed by atoms with Gasteiger partial charge in [-0.3, -0.25) is 9.59 Å². The van der Waals surface area contributed by atoms with Crippen LogP contribution in [0, 0.1) is 0 Å². The summed E-state index contributed by atoms with van der Waals surface area (Å²) < 4.78 is 23.1. The van der Waals surface area contributed by atoms with Crippen molar-refractivity contribution in [2.45, 2.75) is 431 Å². The quantitative estimate of drug-likeness (QED) is 0.0211. The summed E-state index contributed by atoms with van der Waals surface area (Å²) in [7, 11) is 6.00. The van der Waals surface area contributed by atoms with Gasteiger partial charge >= 0.3 is 17.9 Å². The Morgan fingerprint density at radius 1 is 0.310 bits per heavy atom. The van der Waals surface area contributed by atoms with Crippen molar-refractivity contribution >= 4 is 17.9 Å². The molecule has 0 saturated carbocycles. The Hall–Kier alpha value is -3.53. The van der Waals surface area contributed by atoms with Gasteiger partial charge in [-0.1, -0.05) is 420 Å². The summed E-state index contributed by atoms with van der Waals surface area (Å²) >= 11 is 0. The first-order valence-electron chi connectivity index (χ1n) is 43.3. The van der Waals surface area contributed by atoms with E-state index >= 15 is 0 Å². The number of hydrogen-bond acceptors (Lipinski definition) is 7. The van der Waals surface area contributed by atoms with E-state index < -0.39 is 18.4 Å². The number of nitrogens with zero attached hydrogens (tertiary/aromatic N) is 1. The number of aliphatic carboxylic acids is 1. The van der Waals surface area contributed by atoms with E-state index in [-0.39, 0.29) is 38.2 Å². The molecule has 0 aromatic heterocycles. The van der Waals surface area contributed by atoms with Crippen LogP contribution in [0.2, 0.25) is 0 Å². The van der Waals surface area contributed by atoms with Crippen molar-refractivity contribution in [3.05, 3.63) is 85.1 Å². The van der Waals surface area contributed by atoms with Crippen LogP contribution in [0.3, 0.4) is 0 Å². The standard InChI is InChI=1S/C91H165NO8/c1-6-8-10-12-14-16-18-20-22-24-26-28-30-32-34-36-38-40-42-44-45-46-48-50-52-54-56-58-60-62-64-66-68-70-72-74-76-78-80-82-89(94)100-87(86-99-91(90(95)96)97-84-83-92(3,4)5)85-98-88(93)81-79-77-75-73-71-69-67-65-63-61-59-57-55-53-51-49-47-43-41-39-37-35-33-31-29-27-25-23-21-19-17-15-13-11-9-7-2/h8,10,14,16,20,22,26,28,32,34,38,40,44-45,87,91H,6-7,9,11-13,15,17-19,21,23-25,27,29-31,33,35-37,39,41-43,46-86H2,1-5H3/p+1/b10-8-,16-14-,22-20-,28-26-,34-32-,40-38-,45-44-. The van der Waals surface area contributed by atoms with Gasteiger partial charge < -0.3 is 28.5 Å². The number of allylic oxidation sites excluding steroid dienone is 14. The van der Waals surface area contributed by atoms with Crippen molar-refractivity contribution in [2.24, 2.45) is 0 Å². The monoisotopic (exact) mass is 1400 g/mol. The number of carbonyl (C=O) groups excluding carboxylic acids is 2. The highest BCUT2D eigenvalue weighted by atomic mass is 16.7. The fourth-order valence-corrected chi connectivity index (χ4v) is 12.9. The molecule has 582 valence electrons. The van der Waals surface area contributed by atoms with Gasteiger partial charge in [-0.05, 0) is 70.6 Å². The minimum absolute atomic E-state index is 0.178. The summed E-state index contributed by atoms with van der Waals surface area (Å²) in [4.78, 5) is 37.8. The third-order valence-electron chi connectivity index (χ3n) is 19.4. The first-order valence-corrected chi connectivity index (χ1v) is 43.3. The van der Waals surface area contributed by atoms with Gasteiger partial charge in [0.1, 0.15) is 13.2 Å². The van der Waals surface area contributed by atoms with Crippen molar-refractivity contribution in [3.8, 4) is 0 Å². The summed E-state index contributed by atoms with van der Waals surface area (Å²) in [5.74, 6) is -1.98. The minimum atomic E-state index is -1.51. The fraction of sp³-hybridized carbons (Fsp3) is 0.813. The van der Waals surface area contributed by atoms with Gasteiger partial charge in [0.25, 0.3) is 6.29 Å². The molecule has 0 bridgehead atoms. The van der Waals surface area contributed by atoms with E-state index in [2.05, 4.69) is 98.9 Å². The lowest BCUT2D eigenvalue weighted by Crippen LogP contribution is -2.40. The van der Waals surface area contributed by atoms with Gasteiger partial charge in [0.15, 0.2) is 6.10 Å². The SMILES string of the molecule is CC/C=C\C/C=C\C/C=C\C/C=C\C/C=C\C/C=C\C/C=C\CCCCCCCCCCCCCCCCCCCC(=O)OC(COC(=O)CCCCCCCCCCCCCCCCCCCCCCCCCCCCCCCCCCCCCC)COC(OCC[N+](C)(C)C)C(=O)O. The smallest absolute Gasteiger partial charge is 0.361 e. The maximum absolute atomic E-state index is 13.0. The van der Waals surface area contributed by atoms with Gasteiger partial charge in [-0.25, -0.2) is 4.79 Å². The maximum atomic E-state index is 13.0. The number of esters is 2. The van der Waals surface area contributed by atoms with E-state index in [4.69, 9.17) is 18.9 Å². The number of hydrogen-bond donors (Lipinski definition) is 1. The second kappa shape index (κ2) is 81.1. The highest BCUT2D eigenvalue weighted by molar-refractivity contribution is 5.71. The average molecular weight is 1400 g/mol. The first kappa shape index (κ1) is 96.5. The number of quaternary nitrogens is 1. The van der Waals surface area contributed by atoms with Crippen LogP contribution in [0.15, 0.2) is 85.1 Å². The molecular weight excluding hydrogens is 1230 g/mol. The number of likely N-dealkylation sites (N-methyl/N-ethyl adjacent to an activating group) is 1. The van der Waals surface area contributed by atoms with Crippen LogP contribution in [0.5, 0.6) is 0 Å². The summed E-state index contributed by atoms with van der Waals surface area (Å²) in [5.41, 5.74) is 0. The molecule has 1 N–H and O–H groups in total. The van der Waals surface area contributed by atoms with E-state index in [0.717, 1.165) is 83.5 Å². The Balaban J connectivity index is 3.95. The normalized spacial score (nSPS) is 13.0. The highest BCUT2D eigenvalue weighted by Gasteiger charge is 2.25. The number of rotatable bonds is 81. The minimum Gasteiger partial charge on any atom is -0.477 e. The maximum Gasteiger partial charge on any atom is 0.361 e. The predicted octanol–water partition coefficient (Wildman–Crippen LogP) is 28.1. The van der Waals surface area contributed by atoms with Gasteiger partial charge in [0.05, 0.1) is 34.4 Å². The van der Waals surface area contributed by atoms with Gasteiger partial charge in [0.2, 0.25) is 0 Å². The number of carbonyl (C=O) groups is 3. The Labute approximate surface area is 620 Å². The third kappa shape index (κ3) is 81.8. The van der Waals surface area contributed by atoms with Crippen molar-refractivity contribution in [2.75, 3.05) is 47.5 Å². The van der Waals surface area contributed by atoms with Crippen LogP contribution in [0.1, 0.15) is 418 Å². The Kier molecular flexibility index (Phi) is 78.3. The highest BCUT2D eigenvalue weighted by Crippen LogP contribution is 2.20. The summed E-state index contributed by atoms with van der Waals surface area (Å²) in [6.45, 7) is 4.83. The molecular formula is C91H166NO8+. The third-order valence-corrected chi connectivity index (χ3v) is 19.4. The number of unbranched alkanes of at least 4 members (excludes halogenated alkanes) is 52. The van der Waals surface area contributed by atoms with Gasteiger partial charge in [-0.2, -0.15) is 0 Å². The molecule has 2 atom stereocenters. The summed E-state index contributed by atoms with van der Waals surface area (Å²) in [6, 6.07) is 0. The summed E-state index contributed by atoms with van der Waals surface area (Å²) in [6.07, 6.45) is 109. The molecule has 0 fully saturated rings. The molecule has 100 heavy (non-hydrogen) atoms. The number of ether oxygens (including phenoxy) is 4. The Morgan fingerprint density at radius 2 is 0.570 bits per heavy atom. The molecule has 0 aliphatic carbocycles. The van der Waals surface area contributed by atoms with Crippen molar-refractivity contribution in [1.29, 1.82) is 0 Å². The Bertz CT molecular complexity index is 1930. The fourth-order valence-electron chi connectivity index (χ4n) is 12.9. The van der Waals surface area contributed by atoms with Crippen LogP contribution < -0.4 is 0 Å². The van der Waals surface area contributed by atoms with Crippen molar-refractivity contribution in [1.82, 2.24) is 0 Å². The van der Waals surface area contributed by atoms with Gasteiger partial charge in [-0.15, -0.1) is 0 Å². The lowest BCUT2D eigenvalue weighted by Gasteiger charge is -2.25. The molecule has 9 heteroatoms. The molecule has 0 heterocycles. The molecule has 0 spiro atoms. The average Bonchev–Trinajstić information content (AvgIpc) is 1.08. The van der Waals surface area contributed by atoms with Crippen LogP contribution in [-0.2, 0) is 33.3 Å². The zero-order chi connectivity index (χ0) is 72.5.